The number of carbonyl (C=O) groups excluding carboxylic acids is 3. The maximum Gasteiger partial charge on any atom is 0.416 e. The van der Waals surface area contributed by atoms with Crippen LogP contribution in [0.3, 0.4) is 0 Å². The van der Waals surface area contributed by atoms with E-state index in [-0.39, 0.29) is 41.3 Å². The second-order valence-corrected chi connectivity index (χ2v) is 7.92. The van der Waals surface area contributed by atoms with E-state index >= 15 is 0 Å². The lowest BCUT2D eigenvalue weighted by molar-refractivity contribution is -0.138. The van der Waals surface area contributed by atoms with Gasteiger partial charge in [0.2, 0.25) is 5.91 Å². The Bertz CT molecular complexity index is 1090. The first kappa shape index (κ1) is 25.3. The normalized spacial score (nSPS) is 14.1. The van der Waals surface area contributed by atoms with Gasteiger partial charge in [-0.1, -0.05) is 6.07 Å². The van der Waals surface area contributed by atoms with Gasteiger partial charge in [0.25, 0.3) is 0 Å². The summed E-state index contributed by atoms with van der Waals surface area (Å²) in [4.78, 5) is 41.1. The number of halogens is 3. The average molecular weight is 481 g/mol. The highest BCUT2D eigenvalue weighted by Gasteiger charge is 2.34. The van der Waals surface area contributed by atoms with Crippen LogP contribution in [0.2, 0.25) is 0 Å². The van der Waals surface area contributed by atoms with Crippen LogP contribution in [0.15, 0.2) is 18.2 Å². The second kappa shape index (κ2) is 10.3. The van der Waals surface area contributed by atoms with Crippen LogP contribution in [0, 0.1) is 6.92 Å². The first-order valence-electron chi connectivity index (χ1n) is 10.6. The van der Waals surface area contributed by atoms with Gasteiger partial charge in [0, 0.05) is 37.9 Å². The van der Waals surface area contributed by atoms with Gasteiger partial charge in [0.1, 0.15) is 0 Å². The van der Waals surface area contributed by atoms with Crippen LogP contribution in [0.25, 0.3) is 0 Å². The van der Waals surface area contributed by atoms with Crippen LogP contribution >= 0.6 is 0 Å². The number of morpholine rings is 1. The highest BCUT2D eigenvalue weighted by Crippen LogP contribution is 2.35. The molecule has 1 aromatic heterocycles. The van der Waals surface area contributed by atoms with Gasteiger partial charge in [0.15, 0.2) is 5.78 Å². The zero-order chi connectivity index (χ0) is 25.0. The van der Waals surface area contributed by atoms with Crippen molar-refractivity contribution in [3.8, 4) is 0 Å². The molecule has 2 aromatic rings. The first-order chi connectivity index (χ1) is 16.0. The molecule has 1 fully saturated rings. The summed E-state index contributed by atoms with van der Waals surface area (Å²) in [6, 6.07) is 4.01. The third-order valence-electron chi connectivity index (χ3n) is 5.66. The number of rotatable bonds is 7. The second-order valence-electron chi connectivity index (χ2n) is 7.92. The number of nitrogens with one attached hydrogen (secondary N) is 2. The number of carbonyl (C=O) groups is 3. The molecule has 0 atom stereocenters. The van der Waals surface area contributed by atoms with Crippen molar-refractivity contribution in [2.75, 3.05) is 38.3 Å². The predicted octanol–water partition coefficient (Wildman–Crippen LogP) is 3.03. The van der Waals surface area contributed by atoms with Crippen molar-refractivity contribution in [2.45, 2.75) is 33.0 Å². The Morgan fingerprint density at radius 1 is 1.21 bits per heavy atom. The zero-order valence-corrected chi connectivity index (χ0v) is 19.1. The van der Waals surface area contributed by atoms with Crippen LogP contribution in [-0.4, -0.2) is 56.1 Å². The summed E-state index contributed by atoms with van der Waals surface area (Å²) in [6.45, 7) is 4.37. The molecule has 2 heterocycles. The largest absolute Gasteiger partial charge is 0.465 e. The molecule has 0 aliphatic carbocycles. The Morgan fingerprint density at radius 2 is 1.88 bits per heavy atom. The summed E-state index contributed by atoms with van der Waals surface area (Å²) in [5.41, 5.74) is 0.257. The summed E-state index contributed by atoms with van der Waals surface area (Å²) >= 11 is 0. The summed E-state index contributed by atoms with van der Waals surface area (Å²) < 4.78 is 51.2. The van der Waals surface area contributed by atoms with Crippen molar-refractivity contribution < 1.29 is 37.0 Å². The van der Waals surface area contributed by atoms with E-state index in [0.717, 1.165) is 6.07 Å². The average Bonchev–Trinajstić information content (AvgIpc) is 3.12. The van der Waals surface area contributed by atoms with Crippen LogP contribution in [0.1, 0.15) is 50.2 Å². The molecule has 1 aliphatic rings. The number of ketones is 1. The number of nitrogens with zero attached hydrogens (tertiary/aromatic N) is 1. The highest BCUT2D eigenvalue weighted by atomic mass is 19.4. The number of amides is 1. The van der Waals surface area contributed by atoms with Gasteiger partial charge >= 0.3 is 12.1 Å². The molecule has 3 rings (SSSR count). The number of esters is 1. The van der Waals surface area contributed by atoms with Gasteiger partial charge in [-0.25, -0.2) is 4.79 Å². The molecular weight excluding hydrogens is 455 g/mol. The van der Waals surface area contributed by atoms with Gasteiger partial charge in [-0.3, -0.25) is 9.59 Å². The molecule has 0 spiro atoms. The molecule has 1 aliphatic heterocycles. The van der Waals surface area contributed by atoms with Crippen molar-refractivity contribution in [1.82, 2.24) is 10.3 Å². The minimum Gasteiger partial charge on any atom is -0.465 e. The molecule has 184 valence electrons. The van der Waals surface area contributed by atoms with Crippen molar-refractivity contribution in [1.29, 1.82) is 0 Å². The Balaban J connectivity index is 1.78. The fraction of sp³-hybridized carbons (Fsp3) is 0.435. The van der Waals surface area contributed by atoms with Crippen LogP contribution in [0.5, 0.6) is 0 Å². The van der Waals surface area contributed by atoms with Gasteiger partial charge in [0.05, 0.1) is 43.6 Å². The van der Waals surface area contributed by atoms with E-state index in [1.165, 1.54) is 20.1 Å². The van der Waals surface area contributed by atoms with E-state index in [1.54, 1.807) is 13.0 Å². The van der Waals surface area contributed by atoms with Crippen molar-refractivity contribution in [3.05, 3.63) is 51.8 Å². The van der Waals surface area contributed by atoms with Gasteiger partial charge < -0.3 is 24.7 Å². The smallest absolute Gasteiger partial charge is 0.416 e. The Labute approximate surface area is 194 Å². The Hall–Kier alpha value is -3.34. The predicted molar refractivity (Wildman–Crippen MR) is 117 cm³/mol. The lowest BCUT2D eigenvalue weighted by atomic mass is 10.0. The third kappa shape index (κ3) is 5.58. The molecule has 2 N–H and O–H groups in total. The van der Waals surface area contributed by atoms with E-state index in [2.05, 4.69) is 10.3 Å². The summed E-state index contributed by atoms with van der Waals surface area (Å²) in [7, 11) is 1.17. The highest BCUT2D eigenvalue weighted by molar-refractivity contribution is 6.01. The number of methoxy groups -OCH3 is 1. The number of Topliss-reactive ketones (excluding diaryl/α,β-unsaturated/α-hetero) is 1. The number of aromatic nitrogens is 1. The molecule has 8 nitrogen and oxygen atoms in total. The van der Waals surface area contributed by atoms with Crippen molar-refractivity contribution >= 4 is 23.3 Å². The third-order valence-corrected chi connectivity index (χ3v) is 5.66. The number of ether oxygens (including phenoxy) is 2. The van der Waals surface area contributed by atoms with Crippen LogP contribution in [0.4, 0.5) is 18.9 Å². The zero-order valence-electron chi connectivity index (χ0n) is 19.1. The number of anilines is 1. The molecule has 0 saturated carbocycles. The fourth-order valence-electron chi connectivity index (χ4n) is 3.94. The van der Waals surface area contributed by atoms with Crippen LogP contribution in [-0.2, 0) is 33.4 Å². The number of hydrogen-bond donors (Lipinski definition) is 2. The molecular formula is C23H26F3N3O5. The van der Waals surface area contributed by atoms with E-state index in [9.17, 15) is 27.6 Å². The number of hydrogen-bond acceptors (Lipinski definition) is 6. The Kier molecular flexibility index (Phi) is 7.65. The lowest BCUT2D eigenvalue weighted by Crippen LogP contribution is -2.36. The van der Waals surface area contributed by atoms with Gasteiger partial charge in [-0.05, 0) is 30.2 Å². The maximum atomic E-state index is 13.7. The van der Waals surface area contributed by atoms with Gasteiger partial charge in [-0.2, -0.15) is 13.2 Å². The minimum atomic E-state index is -4.60. The summed E-state index contributed by atoms with van der Waals surface area (Å²) in [6.07, 6.45) is -4.95. The molecule has 0 bridgehead atoms. The maximum absolute atomic E-state index is 13.7. The van der Waals surface area contributed by atoms with E-state index < -0.39 is 23.6 Å². The van der Waals surface area contributed by atoms with Crippen molar-refractivity contribution in [2.24, 2.45) is 0 Å². The van der Waals surface area contributed by atoms with E-state index in [0.29, 0.717) is 37.6 Å². The molecule has 11 heteroatoms. The molecule has 34 heavy (non-hydrogen) atoms. The molecule has 0 radical (unpaired) electrons. The van der Waals surface area contributed by atoms with Crippen molar-refractivity contribution in [3.63, 3.8) is 0 Å². The SMILES string of the molecule is COC(=O)c1c(CC(=O)NCc2ccc(N3CCOCC3)cc2C(F)(F)F)[nH]c(C(C)=O)c1C. The van der Waals surface area contributed by atoms with E-state index in [1.807, 2.05) is 4.90 Å². The topological polar surface area (TPSA) is 101 Å². The molecule has 1 saturated heterocycles. The molecule has 1 amide bonds. The lowest BCUT2D eigenvalue weighted by Gasteiger charge is -2.29. The number of H-pyrrole nitrogens is 1. The fourth-order valence-corrected chi connectivity index (χ4v) is 3.94. The summed E-state index contributed by atoms with van der Waals surface area (Å²) in [5, 5.41) is 2.47. The minimum absolute atomic E-state index is 0.0636. The number of aromatic amines is 1. The number of alkyl halides is 3. The molecule has 0 unspecified atom stereocenters. The first-order valence-corrected chi connectivity index (χ1v) is 10.6. The summed E-state index contributed by atoms with van der Waals surface area (Å²) in [5.74, 6) is -1.67. The standard InChI is InChI=1S/C23H26F3N3O5/c1-13-20(22(32)33-3)18(28-21(13)14(2)30)11-19(31)27-12-15-4-5-16(10-17(15)23(24,25)26)29-6-8-34-9-7-29/h4-5,10,28H,6-9,11-12H2,1-3H3,(H,27,31). The quantitative estimate of drug-likeness (QED) is 0.466. The number of benzene rings is 1. The van der Waals surface area contributed by atoms with Crippen LogP contribution < -0.4 is 10.2 Å². The monoisotopic (exact) mass is 481 g/mol. The van der Waals surface area contributed by atoms with Gasteiger partial charge in [-0.15, -0.1) is 0 Å². The Morgan fingerprint density at radius 3 is 2.47 bits per heavy atom. The molecule has 1 aromatic carbocycles. The van der Waals surface area contributed by atoms with E-state index in [4.69, 9.17) is 9.47 Å².